The summed E-state index contributed by atoms with van der Waals surface area (Å²) in [5.74, 6) is -1.17. The van der Waals surface area contributed by atoms with Crippen LogP contribution in [0, 0.1) is 6.92 Å². The van der Waals surface area contributed by atoms with E-state index in [1.54, 1.807) is 13.0 Å². The SMILES string of the molecule is Cc1cc(C[N+]2(C(F)F)N=CN=C2OC(F)F)ccc1N1C(=O)c2cccc(Cl)c2C1=O. The molecule has 166 valence electrons. The first-order valence-electron chi connectivity index (χ1n) is 9.15. The summed E-state index contributed by atoms with van der Waals surface area (Å²) in [4.78, 5) is 30.0. The first kappa shape index (κ1) is 21.9. The van der Waals surface area contributed by atoms with Gasteiger partial charge in [0.05, 0.1) is 21.8 Å². The van der Waals surface area contributed by atoms with E-state index in [1.165, 1.54) is 30.3 Å². The second kappa shape index (κ2) is 7.99. The van der Waals surface area contributed by atoms with Crippen LogP contribution in [0.25, 0.3) is 0 Å². The van der Waals surface area contributed by atoms with Crippen LogP contribution in [0.3, 0.4) is 0 Å². The monoisotopic (exact) mass is 469 g/mol. The summed E-state index contributed by atoms with van der Waals surface area (Å²) in [6, 6.07) is 7.85. The molecule has 0 bridgehead atoms. The Labute approximate surface area is 183 Å². The highest BCUT2D eigenvalue weighted by Gasteiger charge is 2.50. The first-order valence-corrected chi connectivity index (χ1v) is 9.53. The molecule has 0 N–H and O–H groups in total. The molecule has 2 heterocycles. The molecule has 12 heteroatoms. The third kappa shape index (κ3) is 3.43. The minimum absolute atomic E-state index is 0.0845. The molecule has 0 saturated heterocycles. The maximum atomic E-state index is 13.8. The quantitative estimate of drug-likeness (QED) is 0.279. The number of halogens is 5. The van der Waals surface area contributed by atoms with E-state index in [-0.39, 0.29) is 27.4 Å². The van der Waals surface area contributed by atoms with Gasteiger partial charge in [0.25, 0.3) is 11.8 Å². The zero-order valence-corrected chi connectivity index (χ0v) is 17.1. The number of amides is 2. The highest BCUT2D eigenvalue weighted by atomic mass is 35.5. The number of amidine groups is 1. The third-order valence-electron chi connectivity index (χ3n) is 5.06. The van der Waals surface area contributed by atoms with E-state index in [4.69, 9.17) is 11.6 Å². The largest absolute Gasteiger partial charge is 0.437 e. The number of aryl methyl sites for hydroxylation is 1. The smallest absolute Gasteiger partial charge is 0.371 e. The van der Waals surface area contributed by atoms with Gasteiger partial charge < -0.3 is 4.74 Å². The number of hydrogen-bond acceptors (Lipinski definition) is 5. The number of ether oxygens (including phenoxy) is 1. The number of nitrogens with zero attached hydrogens (tertiary/aromatic N) is 4. The van der Waals surface area contributed by atoms with Crippen LogP contribution in [0.2, 0.25) is 5.02 Å². The zero-order chi connectivity index (χ0) is 23.2. The molecular formula is C20H14ClF4N4O3+. The molecule has 0 saturated carbocycles. The molecule has 0 spiro atoms. The lowest BCUT2D eigenvalue weighted by Crippen LogP contribution is -2.51. The van der Waals surface area contributed by atoms with Gasteiger partial charge in [0.2, 0.25) is 0 Å². The number of benzene rings is 2. The molecule has 1 unspecified atom stereocenters. The van der Waals surface area contributed by atoms with E-state index in [2.05, 4.69) is 14.8 Å². The lowest BCUT2D eigenvalue weighted by molar-refractivity contribution is -0.925. The molecule has 1 atom stereocenters. The van der Waals surface area contributed by atoms with Gasteiger partial charge >= 0.3 is 19.2 Å². The van der Waals surface area contributed by atoms with Gasteiger partial charge in [0, 0.05) is 5.56 Å². The Kier molecular flexibility index (Phi) is 5.47. The molecule has 7 nitrogen and oxygen atoms in total. The lowest BCUT2D eigenvalue weighted by atomic mass is 10.1. The van der Waals surface area contributed by atoms with Crippen LogP contribution >= 0.6 is 11.6 Å². The van der Waals surface area contributed by atoms with E-state index >= 15 is 0 Å². The van der Waals surface area contributed by atoms with Crippen molar-refractivity contribution in [2.75, 3.05) is 4.90 Å². The van der Waals surface area contributed by atoms with E-state index < -0.39 is 42.1 Å². The van der Waals surface area contributed by atoms with Gasteiger partial charge in [-0.2, -0.15) is 8.78 Å². The highest BCUT2D eigenvalue weighted by molar-refractivity contribution is 6.42. The minimum Gasteiger partial charge on any atom is -0.371 e. The van der Waals surface area contributed by atoms with Gasteiger partial charge in [-0.3, -0.25) is 9.59 Å². The van der Waals surface area contributed by atoms with Crippen molar-refractivity contribution in [2.45, 2.75) is 26.6 Å². The second-order valence-electron chi connectivity index (χ2n) is 7.01. The van der Waals surface area contributed by atoms with Crippen molar-refractivity contribution < 1.29 is 36.5 Å². The van der Waals surface area contributed by atoms with Crippen LogP contribution < -0.4 is 4.90 Å². The molecule has 2 aromatic carbocycles. The van der Waals surface area contributed by atoms with Crippen LogP contribution in [-0.2, 0) is 11.3 Å². The number of fused-ring (bicyclic) bond motifs is 1. The highest BCUT2D eigenvalue weighted by Crippen LogP contribution is 2.35. The Morgan fingerprint density at radius 1 is 1.12 bits per heavy atom. The van der Waals surface area contributed by atoms with Crippen molar-refractivity contribution in [1.29, 1.82) is 0 Å². The van der Waals surface area contributed by atoms with Crippen molar-refractivity contribution >= 4 is 41.5 Å². The summed E-state index contributed by atoms with van der Waals surface area (Å²) >= 11 is 6.07. The predicted octanol–water partition coefficient (Wildman–Crippen LogP) is 4.54. The molecule has 0 radical (unpaired) electrons. The summed E-state index contributed by atoms with van der Waals surface area (Å²) in [7, 11) is 0. The zero-order valence-electron chi connectivity index (χ0n) is 16.3. The van der Waals surface area contributed by atoms with Gasteiger partial charge in [-0.05, 0) is 36.8 Å². The van der Waals surface area contributed by atoms with Crippen LogP contribution in [0.4, 0.5) is 23.2 Å². The van der Waals surface area contributed by atoms with Crippen molar-refractivity contribution in [2.24, 2.45) is 10.1 Å². The van der Waals surface area contributed by atoms with Crippen LogP contribution in [-0.4, -0.2) is 41.9 Å². The molecule has 0 aliphatic carbocycles. The molecule has 2 aromatic rings. The first-order chi connectivity index (χ1) is 15.2. The minimum atomic E-state index is -3.35. The van der Waals surface area contributed by atoms with Crippen molar-refractivity contribution in [3.05, 3.63) is 63.7 Å². The van der Waals surface area contributed by atoms with E-state index in [0.717, 1.165) is 11.2 Å². The number of carbonyl (C=O) groups excluding carboxylic acids is 2. The van der Waals surface area contributed by atoms with Gasteiger partial charge in [0.15, 0.2) is 6.34 Å². The number of carbonyl (C=O) groups is 2. The van der Waals surface area contributed by atoms with Crippen LogP contribution in [0.1, 0.15) is 31.8 Å². The number of aliphatic imine (C=N–C) groups is 1. The van der Waals surface area contributed by atoms with E-state index in [1.807, 2.05) is 0 Å². The molecule has 2 aliphatic rings. The van der Waals surface area contributed by atoms with Gasteiger partial charge in [-0.15, -0.1) is 13.8 Å². The maximum Gasteiger partial charge on any atom is 0.437 e. The predicted molar refractivity (Wildman–Crippen MR) is 107 cm³/mol. The van der Waals surface area contributed by atoms with Gasteiger partial charge in [0.1, 0.15) is 6.54 Å². The average molecular weight is 470 g/mol. The van der Waals surface area contributed by atoms with Gasteiger partial charge in [-0.1, -0.05) is 33.4 Å². The van der Waals surface area contributed by atoms with Crippen LogP contribution in [0.5, 0.6) is 0 Å². The van der Waals surface area contributed by atoms with Crippen molar-refractivity contribution in [3.63, 3.8) is 0 Å². The molecule has 0 aromatic heterocycles. The van der Waals surface area contributed by atoms with E-state index in [0.29, 0.717) is 5.56 Å². The molecule has 0 fully saturated rings. The Morgan fingerprint density at radius 2 is 1.88 bits per heavy atom. The topological polar surface area (TPSA) is 71.3 Å². The number of rotatable bonds is 5. The Bertz CT molecular complexity index is 1190. The van der Waals surface area contributed by atoms with Crippen molar-refractivity contribution in [1.82, 2.24) is 0 Å². The fourth-order valence-electron chi connectivity index (χ4n) is 3.64. The Morgan fingerprint density at radius 3 is 2.50 bits per heavy atom. The third-order valence-corrected chi connectivity index (χ3v) is 5.38. The standard InChI is InChI=1S/C20H14ClF4N4O3/c1-10-7-11(8-29(18(22)23)20(26-9-27-29)32-19(24)25)5-6-14(10)28-16(30)12-3-2-4-13(21)15(12)17(28)31/h2-7,9,18-19H,8H2,1H3/q+1. The summed E-state index contributed by atoms with van der Waals surface area (Å²) < 4.78 is 55.5. The normalized spacial score (nSPS) is 19.9. The van der Waals surface area contributed by atoms with Gasteiger partial charge in [-0.25, -0.2) is 4.90 Å². The number of imide groups is 1. The fourth-order valence-corrected chi connectivity index (χ4v) is 3.89. The molecule has 32 heavy (non-hydrogen) atoms. The molecule has 4 rings (SSSR count). The van der Waals surface area contributed by atoms with Crippen molar-refractivity contribution in [3.8, 4) is 0 Å². The summed E-state index contributed by atoms with van der Waals surface area (Å²) in [5.41, 5.74) is 1.16. The molecular weight excluding hydrogens is 456 g/mol. The second-order valence-corrected chi connectivity index (χ2v) is 7.42. The number of quaternary nitrogens is 1. The lowest BCUT2D eigenvalue weighted by Gasteiger charge is -2.27. The number of hydrogen-bond donors (Lipinski definition) is 0. The average Bonchev–Trinajstić information content (AvgIpc) is 3.22. The van der Waals surface area contributed by atoms with E-state index in [9.17, 15) is 27.2 Å². The molecule has 2 amide bonds. The Balaban J connectivity index is 1.66. The summed E-state index contributed by atoms with van der Waals surface area (Å²) in [6.45, 7) is -5.55. The maximum absolute atomic E-state index is 13.8. The number of alkyl halides is 4. The summed E-state index contributed by atoms with van der Waals surface area (Å²) in [5, 5.41) is 3.69. The fraction of sp³-hybridized carbons (Fsp3) is 0.200. The molecule has 2 aliphatic heterocycles. The Hall–Kier alpha value is -3.31. The summed E-state index contributed by atoms with van der Waals surface area (Å²) in [6.07, 6.45) is 0.730. The number of anilines is 1. The van der Waals surface area contributed by atoms with Crippen LogP contribution in [0.15, 0.2) is 46.5 Å².